The molecule has 44 heavy (non-hydrogen) atoms. The minimum Gasteiger partial charge on any atom is -0.477 e. The van der Waals surface area contributed by atoms with E-state index >= 15 is 4.39 Å². The molecule has 3 N–H and O–H groups in total. The first-order chi connectivity index (χ1) is 21.1. The third-order valence-electron chi connectivity index (χ3n) is 8.94. The number of aromatic amines is 1. The second kappa shape index (κ2) is 10.2. The number of nitrogens with one attached hydrogen (secondary N) is 2. The van der Waals surface area contributed by atoms with Crippen LogP contribution >= 0.6 is 0 Å². The number of nitrogens with zero attached hydrogens (tertiary/aromatic N) is 5. The fourth-order valence-electron chi connectivity index (χ4n) is 6.98. The second-order valence-corrected chi connectivity index (χ2v) is 11.9. The number of halogens is 2. The fraction of sp³-hybridized carbons (Fsp3) is 0.355. The zero-order chi connectivity index (χ0) is 31.0. The molecule has 6 heterocycles. The number of hydrogen-bond donors (Lipinski definition) is 3. The molecule has 11 nitrogen and oxygen atoms in total. The number of fused-ring (bicyclic) bond motifs is 5. The Morgan fingerprint density at radius 1 is 1.20 bits per heavy atom. The van der Waals surface area contributed by atoms with Gasteiger partial charge in [0.2, 0.25) is 5.43 Å². The highest BCUT2D eigenvalue weighted by Crippen LogP contribution is 2.46. The molecule has 2 fully saturated rings. The van der Waals surface area contributed by atoms with Gasteiger partial charge >= 0.3 is 5.97 Å². The van der Waals surface area contributed by atoms with Crippen LogP contribution in [0.5, 0.6) is 0 Å². The minimum absolute atomic E-state index is 0.0455. The van der Waals surface area contributed by atoms with Crippen LogP contribution < -0.4 is 15.6 Å². The minimum atomic E-state index is -1.34. The summed E-state index contributed by atoms with van der Waals surface area (Å²) in [6, 6.07) is 2.70. The number of anilines is 2. The number of aromatic carboxylic acids is 1. The Morgan fingerprint density at radius 3 is 2.73 bits per heavy atom. The fourth-order valence-corrected chi connectivity index (χ4v) is 6.98. The third kappa shape index (κ3) is 4.21. The topological polar surface area (TPSA) is 129 Å². The Hall–Kier alpha value is -4.62. The lowest BCUT2D eigenvalue weighted by molar-refractivity contribution is 0.0695. The van der Waals surface area contributed by atoms with E-state index in [2.05, 4.69) is 30.1 Å². The maximum absolute atomic E-state index is 15.7. The molecule has 0 bridgehead atoms. The van der Waals surface area contributed by atoms with Gasteiger partial charge in [0.1, 0.15) is 16.9 Å². The van der Waals surface area contributed by atoms with Crippen LogP contribution in [0.1, 0.15) is 10.4 Å². The predicted molar refractivity (Wildman–Crippen MR) is 163 cm³/mol. The molecule has 13 heteroatoms. The van der Waals surface area contributed by atoms with Gasteiger partial charge in [0.05, 0.1) is 45.8 Å². The van der Waals surface area contributed by atoms with Gasteiger partial charge in [-0.3, -0.25) is 4.79 Å². The molecule has 1 aromatic carbocycles. The monoisotopic (exact) mass is 603 g/mol. The van der Waals surface area contributed by atoms with Crippen LogP contribution in [0.2, 0.25) is 0 Å². The van der Waals surface area contributed by atoms with Gasteiger partial charge in [-0.25, -0.2) is 23.5 Å². The van der Waals surface area contributed by atoms with Crippen LogP contribution in [-0.2, 0) is 11.8 Å². The quantitative estimate of drug-likeness (QED) is 0.266. The number of carboxylic acid groups (broad SMARTS) is 1. The van der Waals surface area contributed by atoms with Crippen LogP contribution in [0.4, 0.5) is 20.2 Å². The standard InChI is InChI=1S/C31H31F2N7O4/c1-34-21-6-20(32)25(33)23-24-27(40-11-18-15(9-38(2)3)13-44-22(18)12-40)17(8-35-29(24)37-26(21)23)14-5-16-28(41)19(31(42)43)10-39(4)30(16)36-7-14/h5-8,10,15,18,22,34H,9,11-13H2,1-4H3,(H,35,37)(H,42,43)/t15?,18?,22-/m1/s1. The van der Waals surface area contributed by atoms with E-state index in [1.807, 2.05) is 14.1 Å². The normalized spacial score (nSPS) is 20.0. The molecule has 0 spiro atoms. The van der Waals surface area contributed by atoms with E-state index in [9.17, 15) is 19.1 Å². The average Bonchev–Trinajstić information content (AvgIpc) is 3.69. The number of aromatic nitrogens is 4. The Labute approximate surface area is 250 Å². The smallest absolute Gasteiger partial charge is 0.341 e. The number of hydrogen-bond acceptors (Lipinski definition) is 8. The number of aryl methyl sites for hydroxylation is 1. The van der Waals surface area contributed by atoms with Crippen molar-refractivity contribution >= 4 is 50.3 Å². The summed E-state index contributed by atoms with van der Waals surface area (Å²) in [6.45, 7) is 2.65. The second-order valence-electron chi connectivity index (χ2n) is 11.9. The largest absolute Gasteiger partial charge is 0.477 e. The van der Waals surface area contributed by atoms with Crippen LogP contribution in [0, 0.1) is 23.5 Å². The first kappa shape index (κ1) is 28.2. The molecule has 0 amide bonds. The molecule has 2 aliphatic rings. The molecule has 2 unspecified atom stereocenters. The molecule has 7 rings (SSSR count). The molecular weight excluding hydrogens is 572 g/mol. The zero-order valence-electron chi connectivity index (χ0n) is 24.6. The van der Waals surface area contributed by atoms with E-state index in [0.29, 0.717) is 70.3 Å². The summed E-state index contributed by atoms with van der Waals surface area (Å²) in [4.78, 5) is 41.6. The van der Waals surface area contributed by atoms with E-state index in [1.165, 1.54) is 10.8 Å². The van der Waals surface area contributed by atoms with Gasteiger partial charge < -0.3 is 34.5 Å². The van der Waals surface area contributed by atoms with Gasteiger partial charge in [-0.05, 0) is 20.2 Å². The van der Waals surface area contributed by atoms with Crippen molar-refractivity contribution in [1.29, 1.82) is 0 Å². The molecule has 228 valence electrons. The maximum Gasteiger partial charge on any atom is 0.341 e. The highest BCUT2D eigenvalue weighted by molar-refractivity contribution is 6.18. The van der Waals surface area contributed by atoms with Crippen molar-refractivity contribution in [2.45, 2.75) is 6.10 Å². The Bertz CT molecular complexity index is 2060. The molecule has 0 saturated carbocycles. The summed E-state index contributed by atoms with van der Waals surface area (Å²) in [5.74, 6) is -2.82. The van der Waals surface area contributed by atoms with Crippen molar-refractivity contribution in [2.75, 3.05) is 57.6 Å². The lowest BCUT2D eigenvalue weighted by Gasteiger charge is -2.26. The molecule has 2 saturated heterocycles. The van der Waals surface area contributed by atoms with Crippen molar-refractivity contribution in [2.24, 2.45) is 18.9 Å². The highest BCUT2D eigenvalue weighted by Gasteiger charge is 2.45. The summed E-state index contributed by atoms with van der Waals surface area (Å²) >= 11 is 0. The van der Waals surface area contributed by atoms with Crippen molar-refractivity contribution in [3.63, 3.8) is 0 Å². The summed E-state index contributed by atoms with van der Waals surface area (Å²) in [7, 11) is 7.31. The summed E-state index contributed by atoms with van der Waals surface area (Å²) in [6.07, 6.45) is 4.41. The number of rotatable bonds is 6. The maximum atomic E-state index is 15.7. The lowest BCUT2D eigenvalue weighted by Crippen LogP contribution is -2.30. The first-order valence-corrected chi connectivity index (χ1v) is 14.3. The molecule has 2 aliphatic heterocycles. The molecule has 3 atom stereocenters. The number of pyridine rings is 3. The van der Waals surface area contributed by atoms with Gasteiger partial charge in [0, 0.05) is 81.3 Å². The van der Waals surface area contributed by atoms with Crippen LogP contribution in [0.15, 0.2) is 35.5 Å². The molecule has 5 aromatic rings. The van der Waals surface area contributed by atoms with Gasteiger partial charge in [-0.1, -0.05) is 0 Å². The molecule has 4 aromatic heterocycles. The van der Waals surface area contributed by atoms with Gasteiger partial charge in [-0.15, -0.1) is 0 Å². The molecule has 0 radical (unpaired) electrons. The third-order valence-corrected chi connectivity index (χ3v) is 8.94. The zero-order valence-corrected chi connectivity index (χ0v) is 24.6. The Morgan fingerprint density at radius 2 is 2.00 bits per heavy atom. The first-order valence-electron chi connectivity index (χ1n) is 14.3. The number of carbonyl (C=O) groups is 1. The van der Waals surface area contributed by atoms with E-state index in [-0.39, 0.29) is 28.4 Å². The van der Waals surface area contributed by atoms with Gasteiger partial charge in [0.25, 0.3) is 0 Å². The number of ether oxygens (including phenoxy) is 1. The number of H-pyrrole nitrogens is 1. The van der Waals surface area contributed by atoms with Crippen molar-refractivity contribution in [3.05, 3.63) is 58.1 Å². The van der Waals surface area contributed by atoms with Gasteiger partial charge in [0.15, 0.2) is 11.6 Å². The van der Waals surface area contributed by atoms with Crippen molar-refractivity contribution in [3.8, 4) is 11.1 Å². The van der Waals surface area contributed by atoms with E-state index in [0.717, 1.165) is 12.6 Å². The van der Waals surface area contributed by atoms with Gasteiger partial charge in [-0.2, -0.15) is 0 Å². The van der Waals surface area contributed by atoms with Crippen LogP contribution in [0.3, 0.4) is 0 Å². The van der Waals surface area contributed by atoms with Crippen LogP contribution in [0.25, 0.3) is 44.1 Å². The van der Waals surface area contributed by atoms with E-state index in [4.69, 9.17) is 4.74 Å². The molecular formula is C31H31F2N7O4. The number of benzene rings is 1. The summed E-state index contributed by atoms with van der Waals surface area (Å²) in [5, 5.41) is 13.2. The van der Waals surface area contributed by atoms with E-state index < -0.39 is 23.0 Å². The van der Waals surface area contributed by atoms with Crippen molar-refractivity contribution < 1.29 is 23.4 Å². The lowest BCUT2D eigenvalue weighted by atomic mass is 9.93. The van der Waals surface area contributed by atoms with Crippen molar-refractivity contribution in [1.82, 2.24) is 24.4 Å². The van der Waals surface area contributed by atoms with Crippen LogP contribution in [-0.4, -0.2) is 89.0 Å². The number of carboxylic acids is 1. The Balaban J connectivity index is 1.50. The molecule has 0 aliphatic carbocycles. The summed E-state index contributed by atoms with van der Waals surface area (Å²) < 4.78 is 38.4. The van der Waals surface area contributed by atoms with E-state index in [1.54, 1.807) is 32.6 Å². The average molecular weight is 604 g/mol. The predicted octanol–water partition coefficient (Wildman–Crippen LogP) is 3.66. The Kier molecular flexibility index (Phi) is 6.55. The highest BCUT2D eigenvalue weighted by atomic mass is 19.2. The summed E-state index contributed by atoms with van der Waals surface area (Å²) in [5.41, 5.74) is 2.07. The SMILES string of the molecule is CNc1cc(F)c(F)c2c1[nH]c1ncc(-c3cnc4c(c3)c(=O)c(C(=O)O)cn4C)c(N3CC4C(CN(C)C)CO[C@@H]4C3)c12.